The van der Waals surface area contributed by atoms with E-state index in [1.54, 1.807) is 0 Å². The number of carbonyl (C=O) groups is 1. The summed E-state index contributed by atoms with van der Waals surface area (Å²) in [6.45, 7) is 1.84. The van der Waals surface area contributed by atoms with Gasteiger partial charge >= 0.3 is 0 Å². The van der Waals surface area contributed by atoms with Crippen LogP contribution in [0.5, 0.6) is 0 Å². The van der Waals surface area contributed by atoms with Crippen LogP contribution in [-0.2, 0) is 10.3 Å². The molecule has 5 heteroatoms. The second kappa shape index (κ2) is 5.18. The minimum atomic E-state index is -0.847. The Morgan fingerprint density at radius 1 is 1.05 bits per heavy atom. The van der Waals surface area contributed by atoms with Gasteiger partial charge in [0.25, 0.3) is 5.91 Å². The third-order valence-corrected chi connectivity index (χ3v) is 3.84. The van der Waals surface area contributed by atoms with E-state index < -0.39 is 5.54 Å². The number of carbonyl (C=O) groups excluding carboxylic acids is 1. The van der Waals surface area contributed by atoms with Crippen molar-refractivity contribution in [3.05, 3.63) is 66.2 Å². The third-order valence-electron chi connectivity index (χ3n) is 3.56. The second-order valence-electron chi connectivity index (χ2n) is 5.04. The molecule has 4 nitrogen and oxygen atoms in total. The van der Waals surface area contributed by atoms with Crippen molar-refractivity contribution < 1.29 is 4.79 Å². The van der Waals surface area contributed by atoms with Gasteiger partial charge in [0, 0.05) is 0 Å². The van der Waals surface area contributed by atoms with Crippen LogP contribution in [0.1, 0.15) is 12.5 Å². The molecule has 2 N–H and O–H groups in total. The molecule has 3 rings (SSSR count). The molecule has 2 aromatic carbocycles. The molecule has 0 aliphatic carbocycles. The van der Waals surface area contributed by atoms with Crippen LogP contribution in [-0.4, -0.2) is 16.0 Å². The zero-order valence-corrected chi connectivity index (χ0v) is 12.4. The summed E-state index contributed by atoms with van der Waals surface area (Å²) in [7, 11) is 0. The molecule has 1 fully saturated rings. The number of anilines is 1. The quantitative estimate of drug-likeness (QED) is 0.855. The van der Waals surface area contributed by atoms with Crippen molar-refractivity contribution in [2.24, 2.45) is 0 Å². The van der Waals surface area contributed by atoms with Crippen molar-refractivity contribution in [2.75, 3.05) is 5.43 Å². The first kappa shape index (κ1) is 13.6. The molecule has 2 aromatic rings. The molecule has 1 aliphatic heterocycles. The van der Waals surface area contributed by atoms with Gasteiger partial charge in [-0.25, -0.2) is 0 Å². The molecular formula is C16H15N3OS. The predicted molar refractivity (Wildman–Crippen MR) is 86.4 cm³/mol. The number of hydrogen-bond donors (Lipinski definition) is 2. The standard InChI is InChI=1S/C16H15N3OS/c1-16(12-8-4-2-5-9-12)14(20)19(15(21)17-16)18-13-10-6-3-7-11-13/h2-11,18H,1H3,(H,17,21). The van der Waals surface area contributed by atoms with Gasteiger partial charge in [-0.1, -0.05) is 48.5 Å². The van der Waals surface area contributed by atoms with E-state index in [2.05, 4.69) is 10.7 Å². The number of nitrogens with zero attached hydrogens (tertiary/aromatic N) is 1. The Morgan fingerprint density at radius 3 is 2.24 bits per heavy atom. The lowest BCUT2D eigenvalue weighted by atomic mass is 9.92. The van der Waals surface area contributed by atoms with E-state index in [9.17, 15) is 4.79 Å². The van der Waals surface area contributed by atoms with Gasteiger partial charge in [0.15, 0.2) is 5.11 Å². The second-order valence-corrected chi connectivity index (χ2v) is 5.43. The topological polar surface area (TPSA) is 44.4 Å². The molecule has 1 saturated heterocycles. The van der Waals surface area contributed by atoms with E-state index in [0.29, 0.717) is 5.11 Å². The number of hydrazine groups is 1. The van der Waals surface area contributed by atoms with E-state index in [-0.39, 0.29) is 5.91 Å². The molecule has 1 aliphatic rings. The van der Waals surface area contributed by atoms with Gasteiger partial charge in [-0.15, -0.1) is 0 Å². The summed E-state index contributed by atoms with van der Waals surface area (Å²) >= 11 is 5.30. The molecule has 1 heterocycles. The van der Waals surface area contributed by atoms with E-state index in [0.717, 1.165) is 11.3 Å². The lowest BCUT2D eigenvalue weighted by Gasteiger charge is -2.22. The van der Waals surface area contributed by atoms with Gasteiger partial charge in [-0.3, -0.25) is 10.2 Å². The van der Waals surface area contributed by atoms with E-state index in [1.165, 1.54) is 5.01 Å². The van der Waals surface area contributed by atoms with Crippen LogP contribution < -0.4 is 10.7 Å². The van der Waals surface area contributed by atoms with E-state index in [4.69, 9.17) is 12.2 Å². The first-order valence-corrected chi connectivity index (χ1v) is 7.06. The summed E-state index contributed by atoms with van der Waals surface area (Å²) in [4.78, 5) is 12.8. The van der Waals surface area contributed by atoms with Gasteiger partial charge < -0.3 is 5.32 Å². The molecule has 0 aromatic heterocycles. The number of thiocarbonyl (C=S) groups is 1. The molecule has 0 bridgehead atoms. The zero-order valence-electron chi connectivity index (χ0n) is 11.5. The molecular weight excluding hydrogens is 282 g/mol. The summed E-state index contributed by atoms with van der Waals surface area (Å²) in [6.07, 6.45) is 0. The van der Waals surface area contributed by atoms with Crippen molar-refractivity contribution >= 4 is 28.9 Å². The Labute approximate surface area is 128 Å². The minimum absolute atomic E-state index is 0.123. The zero-order chi connectivity index (χ0) is 14.9. The lowest BCUT2D eigenvalue weighted by Crippen LogP contribution is -2.41. The Kier molecular flexibility index (Phi) is 3.35. The summed E-state index contributed by atoms with van der Waals surface area (Å²) in [5.74, 6) is -0.123. The third kappa shape index (κ3) is 2.36. The van der Waals surface area contributed by atoms with E-state index >= 15 is 0 Å². The van der Waals surface area contributed by atoms with Gasteiger partial charge in [-0.05, 0) is 36.8 Å². The number of benzene rings is 2. The lowest BCUT2D eigenvalue weighted by molar-refractivity contribution is -0.129. The van der Waals surface area contributed by atoms with Gasteiger partial charge in [-0.2, -0.15) is 5.01 Å². The molecule has 0 radical (unpaired) electrons. The van der Waals surface area contributed by atoms with Crippen molar-refractivity contribution in [1.82, 2.24) is 10.3 Å². The first-order valence-electron chi connectivity index (χ1n) is 6.65. The number of para-hydroxylation sites is 1. The molecule has 1 unspecified atom stereocenters. The summed E-state index contributed by atoms with van der Waals surface area (Å²) in [5, 5.41) is 4.87. The van der Waals surface area contributed by atoms with Gasteiger partial charge in [0.1, 0.15) is 5.54 Å². The highest BCUT2D eigenvalue weighted by atomic mass is 32.1. The Balaban J connectivity index is 1.89. The smallest absolute Gasteiger partial charge is 0.277 e. The summed E-state index contributed by atoms with van der Waals surface area (Å²) < 4.78 is 0. The summed E-state index contributed by atoms with van der Waals surface area (Å²) in [6, 6.07) is 19.1. The van der Waals surface area contributed by atoms with Crippen LogP contribution in [0.3, 0.4) is 0 Å². The average molecular weight is 297 g/mol. The first-order chi connectivity index (χ1) is 10.1. The molecule has 106 valence electrons. The van der Waals surface area contributed by atoms with Crippen LogP contribution >= 0.6 is 12.2 Å². The van der Waals surface area contributed by atoms with Crippen LogP contribution in [0.15, 0.2) is 60.7 Å². The Morgan fingerprint density at radius 2 is 1.62 bits per heavy atom. The molecule has 1 atom stereocenters. The molecule has 0 spiro atoms. The highest BCUT2D eigenvalue weighted by Crippen LogP contribution is 2.28. The van der Waals surface area contributed by atoms with Crippen molar-refractivity contribution in [3.63, 3.8) is 0 Å². The van der Waals surface area contributed by atoms with Crippen molar-refractivity contribution in [2.45, 2.75) is 12.5 Å². The Hall–Kier alpha value is -2.40. The normalized spacial score (nSPS) is 21.3. The fourth-order valence-electron chi connectivity index (χ4n) is 2.35. The minimum Gasteiger partial charge on any atom is -0.343 e. The SMILES string of the molecule is CC1(c2ccccc2)NC(=S)N(Nc2ccccc2)C1=O. The van der Waals surface area contributed by atoms with Gasteiger partial charge in [0.2, 0.25) is 0 Å². The van der Waals surface area contributed by atoms with Crippen LogP contribution in [0, 0.1) is 0 Å². The number of hydrogen-bond acceptors (Lipinski definition) is 3. The highest BCUT2D eigenvalue weighted by Gasteiger charge is 2.47. The monoisotopic (exact) mass is 297 g/mol. The number of nitrogens with one attached hydrogen (secondary N) is 2. The van der Waals surface area contributed by atoms with Crippen LogP contribution in [0.2, 0.25) is 0 Å². The predicted octanol–water partition coefficient (Wildman–Crippen LogP) is 2.65. The summed E-state index contributed by atoms with van der Waals surface area (Å²) in [5.41, 5.74) is 3.89. The number of amides is 1. The number of rotatable bonds is 3. The van der Waals surface area contributed by atoms with Crippen LogP contribution in [0.4, 0.5) is 5.69 Å². The van der Waals surface area contributed by atoms with Crippen molar-refractivity contribution in [3.8, 4) is 0 Å². The maximum atomic E-state index is 12.8. The molecule has 1 amide bonds. The molecule has 0 saturated carbocycles. The fourth-order valence-corrected chi connectivity index (χ4v) is 2.68. The van der Waals surface area contributed by atoms with Crippen molar-refractivity contribution in [1.29, 1.82) is 0 Å². The van der Waals surface area contributed by atoms with Gasteiger partial charge in [0.05, 0.1) is 5.69 Å². The largest absolute Gasteiger partial charge is 0.343 e. The molecule has 21 heavy (non-hydrogen) atoms. The van der Waals surface area contributed by atoms with Crippen LogP contribution in [0.25, 0.3) is 0 Å². The maximum Gasteiger partial charge on any atom is 0.277 e. The Bertz CT molecular complexity index is 674. The highest BCUT2D eigenvalue weighted by molar-refractivity contribution is 7.80. The fraction of sp³-hybridized carbons (Fsp3) is 0.125. The average Bonchev–Trinajstić information content (AvgIpc) is 2.74. The maximum absolute atomic E-state index is 12.8. The van der Waals surface area contributed by atoms with E-state index in [1.807, 2.05) is 67.6 Å².